The van der Waals surface area contributed by atoms with Gasteiger partial charge in [0.1, 0.15) is 9.88 Å². The Kier molecular flexibility index (Phi) is 4.33. The standard InChI is InChI=1S/C14H16N2O3S3/c1-9-12(21-14(16-9)11-3-2-5-20-11)13(17)15-7-10-4-6-22(18,19)8-10/h2-3,5,10H,4,6-8H2,1H3,(H,15,17). The highest BCUT2D eigenvalue weighted by atomic mass is 32.2. The van der Waals surface area contributed by atoms with Crippen molar-refractivity contribution in [3.63, 3.8) is 0 Å². The Labute approximate surface area is 137 Å². The zero-order chi connectivity index (χ0) is 15.7. The number of hydrogen-bond donors (Lipinski definition) is 1. The van der Waals surface area contributed by atoms with E-state index in [1.165, 1.54) is 11.3 Å². The number of amides is 1. The second-order valence-electron chi connectivity index (χ2n) is 5.39. The van der Waals surface area contributed by atoms with Gasteiger partial charge in [-0.2, -0.15) is 0 Å². The number of carbonyl (C=O) groups is 1. The Hall–Kier alpha value is -1.25. The van der Waals surface area contributed by atoms with E-state index in [2.05, 4.69) is 10.3 Å². The maximum absolute atomic E-state index is 12.3. The first-order valence-corrected chi connectivity index (χ1v) is 10.5. The van der Waals surface area contributed by atoms with Crippen molar-refractivity contribution in [1.29, 1.82) is 0 Å². The van der Waals surface area contributed by atoms with Crippen molar-refractivity contribution in [2.75, 3.05) is 18.1 Å². The van der Waals surface area contributed by atoms with E-state index < -0.39 is 9.84 Å². The van der Waals surface area contributed by atoms with E-state index in [-0.39, 0.29) is 23.3 Å². The fraction of sp³-hybridized carbons (Fsp3) is 0.429. The van der Waals surface area contributed by atoms with Gasteiger partial charge in [0, 0.05) is 6.54 Å². The second kappa shape index (κ2) is 6.10. The van der Waals surface area contributed by atoms with E-state index in [0.717, 1.165) is 9.88 Å². The number of aromatic nitrogens is 1. The second-order valence-corrected chi connectivity index (χ2v) is 9.57. The highest BCUT2D eigenvalue weighted by molar-refractivity contribution is 7.91. The van der Waals surface area contributed by atoms with Crippen molar-refractivity contribution in [3.8, 4) is 9.88 Å². The summed E-state index contributed by atoms with van der Waals surface area (Å²) in [6.07, 6.45) is 0.630. The maximum Gasteiger partial charge on any atom is 0.263 e. The molecule has 0 saturated carbocycles. The third kappa shape index (κ3) is 3.39. The van der Waals surface area contributed by atoms with Crippen LogP contribution in [0.2, 0.25) is 0 Å². The van der Waals surface area contributed by atoms with Gasteiger partial charge in [-0.25, -0.2) is 13.4 Å². The average molecular weight is 356 g/mol. The van der Waals surface area contributed by atoms with Crippen molar-refractivity contribution >= 4 is 38.4 Å². The molecule has 0 aromatic carbocycles. The molecule has 1 amide bonds. The molecule has 22 heavy (non-hydrogen) atoms. The molecule has 1 N–H and O–H groups in total. The van der Waals surface area contributed by atoms with Gasteiger partial charge in [-0.3, -0.25) is 4.79 Å². The fourth-order valence-corrected chi connectivity index (χ4v) is 6.10. The molecule has 1 saturated heterocycles. The molecule has 2 aromatic rings. The molecule has 3 rings (SSSR count). The number of aryl methyl sites for hydroxylation is 1. The van der Waals surface area contributed by atoms with Crippen LogP contribution in [0.25, 0.3) is 9.88 Å². The molecular formula is C14H16N2O3S3. The van der Waals surface area contributed by atoms with Gasteiger partial charge in [-0.05, 0) is 30.7 Å². The minimum Gasteiger partial charge on any atom is -0.351 e. The number of thiophene rings is 1. The Balaban J connectivity index is 1.66. The Morgan fingerprint density at radius 3 is 2.95 bits per heavy atom. The van der Waals surface area contributed by atoms with Gasteiger partial charge >= 0.3 is 0 Å². The lowest BCUT2D eigenvalue weighted by molar-refractivity contribution is 0.0951. The molecule has 0 spiro atoms. The van der Waals surface area contributed by atoms with E-state index in [9.17, 15) is 13.2 Å². The van der Waals surface area contributed by atoms with E-state index in [0.29, 0.717) is 23.5 Å². The SMILES string of the molecule is Cc1nc(-c2cccs2)sc1C(=O)NCC1CCS(=O)(=O)C1. The summed E-state index contributed by atoms with van der Waals surface area (Å²) in [6.45, 7) is 2.23. The average Bonchev–Trinajstić information content (AvgIpc) is 3.15. The predicted molar refractivity (Wildman–Crippen MR) is 89.3 cm³/mol. The van der Waals surface area contributed by atoms with Gasteiger partial charge in [0.25, 0.3) is 5.91 Å². The Morgan fingerprint density at radius 1 is 1.50 bits per heavy atom. The Morgan fingerprint density at radius 2 is 2.32 bits per heavy atom. The van der Waals surface area contributed by atoms with Crippen LogP contribution < -0.4 is 5.32 Å². The summed E-state index contributed by atoms with van der Waals surface area (Å²) in [5.74, 6) is 0.270. The van der Waals surface area contributed by atoms with Crippen LogP contribution in [0.3, 0.4) is 0 Å². The molecule has 0 aliphatic carbocycles. The summed E-state index contributed by atoms with van der Waals surface area (Å²) < 4.78 is 22.8. The van der Waals surface area contributed by atoms with Gasteiger partial charge in [0.05, 0.1) is 22.1 Å². The lowest BCUT2D eigenvalue weighted by atomic mass is 10.1. The summed E-state index contributed by atoms with van der Waals surface area (Å²) in [5, 5.41) is 5.68. The van der Waals surface area contributed by atoms with Gasteiger partial charge in [0.2, 0.25) is 0 Å². The van der Waals surface area contributed by atoms with Crippen molar-refractivity contribution < 1.29 is 13.2 Å². The van der Waals surface area contributed by atoms with Crippen LogP contribution in [0.5, 0.6) is 0 Å². The number of rotatable bonds is 4. The quantitative estimate of drug-likeness (QED) is 0.912. The van der Waals surface area contributed by atoms with E-state index in [1.807, 2.05) is 24.4 Å². The third-order valence-corrected chi connectivity index (χ3v) is 7.65. The molecule has 118 valence electrons. The van der Waals surface area contributed by atoms with Crippen molar-refractivity contribution in [1.82, 2.24) is 10.3 Å². The van der Waals surface area contributed by atoms with Crippen LogP contribution in [0, 0.1) is 12.8 Å². The molecule has 1 atom stereocenters. The van der Waals surface area contributed by atoms with Crippen LogP contribution in [0.1, 0.15) is 21.8 Å². The summed E-state index contributed by atoms with van der Waals surface area (Å²) in [5.41, 5.74) is 0.713. The first-order chi connectivity index (χ1) is 10.4. The zero-order valence-corrected chi connectivity index (χ0v) is 14.5. The summed E-state index contributed by atoms with van der Waals surface area (Å²) in [6, 6.07) is 3.94. The van der Waals surface area contributed by atoms with Gasteiger partial charge in [-0.15, -0.1) is 22.7 Å². The number of nitrogens with zero attached hydrogens (tertiary/aromatic N) is 1. The number of nitrogens with one attached hydrogen (secondary N) is 1. The summed E-state index contributed by atoms with van der Waals surface area (Å²) in [7, 11) is -2.90. The smallest absolute Gasteiger partial charge is 0.263 e. The number of thiazole rings is 1. The van der Waals surface area contributed by atoms with Crippen LogP contribution in [0.15, 0.2) is 17.5 Å². The van der Waals surface area contributed by atoms with Crippen molar-refractivity contribution in [2.24, 2.45) is 5.92 Å². The molecule has 0 bridgehead atoms. The van der Waals surface area contributed by atoms with E-state index >= 15 is 0 Å². The van der Waals surface area contributed by atoms with Crippen LogP contribution in [0.4, 0.5) is 0 Å². The van der Waals surface area contributed by atoms with Crippen LogP contribution >= 0.6 is 22.7 Å². The molecule has 1 aliphatic rings. The van der Waals surface area contributed by atoms with E-state index in [4.69, 9.17) is 0 Å². The predicted octanol–water partition coefficient (Wildman–Crippen LogP) is 2.34. The molecule has 8 heteroatoms. The minimum absolute atomic E-state index is 0.0268. The number of sulfone groups is 1. The fourth-order valence-electron chi connectivity index (χ4n) is 2.46. The number of carbonyl (C=O) groups excluding carboxylic acids is 1. The molecule has 3 heterocycles. The molecule has 1 unspecified atom stereocenters. The van der Waals surface area contributed by atoms with Gasteiger partial charge in [0.15, 0.2) is 9.84 Å². The minimum atomic E-state index is -2.90. The van der Waals surface area contributed by atoms with Gasteiger partial charge in [-0.1, -0.05) is 6.07 Å². The van der Waals surface area contributed by atoms with Gasteiger partial charge < -0.3 is 5.32 Å². The van der Waals surface area contributed by atoms with Crippen molar-refractivity contribution in [3.05, 3.63) is 28.1 Å². The highest BCUT2D eigenvalue weighted by Gasteiger charge is 2.28. The maximum atomic E-state index is 12.3. The third-order valence-electron chi connectivity index (χ3n) is 3.61. The molecule has 1 aliphatic heterocycles. The lowest BCUT2D eigenvalue weighted by Crippen LogP contribution is -2.29. The van der Waals surface area contributed by atoms with Crippen LogP contribution in [-0.2, 0) is 9.84 Å². The van der Waals surface area contributed by atoms with Crippen LogP contribution in [-0.4, -0.2) is 37.4 Å². The number of hydrogen-bond acceptors (Lipinski definition) is 6. The normalized spacial score (nSPS) is 20.1. The van der Waals surface area contributed by atoms with Crippen molar-refractivity contribution in [2.45, 2.75) is 13.3 Å². The lowest BCUT2D eigenvalue weighted by Gasteiger charge is -2.08. The monoisotopic (exact) mass is 356 g/mol. The molecule has 0 radical (unpaired) electrons. The Bertz CT molecular complexity index is 778. The molecule has 5 nitrogen and oxygen atoms in total. The van der Waals surface area contributed by atoms with E-state index in [1.54, 1.807) is 11.3 Å². The first kappa shape index (κ1) is 15.6. The first-order valence-electron chi connectivity index (χ1n) is 6.94. The summed E-state index contributed by atoms with van der Waals surface area (Å²) >= 11 is 2.97. The highest BCUT2D eigenvalue weighted by Crippen LogP contribution is 2.31. The largest absolute Gasteiger partial charge is 0.351 e. The topological polar surface area (TPSA) is 76.1 Å². The summed E-state index contributed by atoms with van der Waals surface area (Å²) in [4.78, 5) is 18.4. The molecular weight excluding hydrogens is 340 g/mol. The molecule has 2 aromatic heterocycles. The zero-order valence-electron chi connectivity index (χ0n) is 12.0. The molecule has 1 fully saturated rings.